The fourth-order valence-electron chi connectivity index (χ4n) is 3.13. The molecular weight excluding hydrogens is 719 g/mol. The van der Waals surface area contributed by atoms with Crippen LogP contribution in [0.5, 0.6) is 0 Å². The van der Waals surface area contributed by atoms with Crippen molar-refractivity contribution < 1.29 is 38.9 Å². The topological polar surface area (TPSA) is 286 Å². The first-order chi connectivity index (χ1) is 21.6. The molecule has 0 aliphatic rings. The standard InChI is InChI=1S/2C11H22N4O4.2C4H9.Sn/c2*1-11(2,3)19-10(18)15-7(8(16)17)5-4-6-14-9(12)13;2*1-3-4-2;/h2*7H,4-6H2,1-3H3,(H,15,18)(H,16,17)(H4,12,13,14);2*1,3-4H2,2H3;/q;;;;+2/p-2/t2*7-;;;/m00.../s1. The number of ether oxygens (including phenoxy) is 2. The van der Waals surface area contributed by atoms with Gasteiger partial charge < -0.3 is 62.8 Å². The second kappa shape index (κ2) is 27.9. The van der Waals surface area contributed by atoms with E-state index in [9.17, 15) is 29.4 Å². The van der Waals surface area contributed by atoms with E-state index in [-0.39, 0.29) is 59.0 Å². The number of guanidine groups is 2. The molecule has 0 saturated heterocycles. The summed E-state index contributed by atoms with van der Waals surface area (Å²) in [6.07, 6.45) is 5.33. The van der Waals surface area contributed by atoms with Gasteiger partial charge in [0.2, 0.25) is 0 Å². The van der Waals surface area contributed by atoms with E-state index in [1.165, 1.54) is 25.7 Å². The number of amides is 2. The third-order valence-corrected chi connectivity index (χ3v) is 9.29. The van der Waals surface area contributed by atoms with E-state index in [2.05, 4.69) is 34.5 Å². The van der Waals surface area contributed by atoms with Crippen LogP contribution in [0.2, 0.25) is 8.87 Å². The molecule has 0 radical (unpaired) electrons. The van der Waals surface area contributed by atoms with Crippen LogP contribution in [0.4, 0.5) is 9.59 Å². The maximum absolute atomic E-state index is 11.4. The number of hydrogen-bond donors (Lipinski definition) is 6. The zero-order valence-corrected chi connectivity index (χ0v) is 32.5. The summed E-state index contributed by atoms with van der Waals surface area (Å²) in [4.78, 5) is 52.0. The SMILES string of the molecule is CC(C)(C)OC(=O)N[C@@H](CCCN=C(N)N)C(=O)[O-].CC(C)(C)OC(=O)N[C@@H](CCCN=C(N)N)C(=O)[O-].CCC[CH2][Sn+2][CH2]CCC. The molecule has 0 aromatic rings. The summed E-state index contributed by atoms with van der Waals surface area (Å²) in [5.74, 6) is -2.89. The molecule has 2 amide bonds. The zero-order chi connectivity index (χ0) is 37.1. The van der Waals surface area contributed by atoms with Crippen LogP contribution < -0.4 is 43.8 Å². The number of nitrogens with zero attached hydrogens (tertiary/aromatic N) is 2. The Bertz CT molecular complexity index is 871. The number of nitrogens with two attached hydrogens (primary N) is 4. The molecule has 0 unspecified atom stereocenters. The second-order valence-electron chi connectivity index (χ2n) is 12.4. The monoisotopic (exact) mass is 780 g/mol. The Morgan fingerprint density at radius 1 is 0.660 bits per heavy atom. The van der Waals surface area contributed by atoms with E-state index < -0.39 is 47.4 Å². The van der Waals surface area contributed by atoms with Gasteiger partial charge in [-0.1, -0.05) is 0 Å². The van der Waals surface area contributed by atoms with Gasteiger partial charge in [-0.05, 0) is 67.2 Å². The molecule has 17 heteroatoms. The van der Waals surface area contributed by atoms with Crippen molar-refractivity contribution in [3.63, 3.8) is 0 Å². The van der Waals surface area contributed by atoms with Crippen molar-refractivity contribution in [2.24, 2.45) is 32.9 Å². The summed E-state index contributed by atoms with van der Waals surface area (Å²) in [6.45, 7) is 15.2. The number of rotatable bonds is 18. The van der Waals surface area contributed by atoms with Crippen LogP contribution in [0.25, 0.3) is 0 Å². The Morgan fingerprint density at radius 2 is 0.979 bits per heavy atom. The molecule has 16 nitrogen and oxygen atoms in total. The first-order valence-corrected chi connectivity index (χ1v) is 19.9. The van der Waals surface area contributed by atoms with Crippen molar-refractivity contribution in [3.8, 4) is 0 Å². The number of carbonyl (C=O) groups excluding carboxylic acids is 4. The van der Waals surface area contributed by atoms with Crippen LogP contribution in [0.3, 0.4) is 0 Å². The van der Waals surface area contributed by atoms with E-state index in [0.29, 0.717) is 12.8 Å². The zero-order valence-electron chi connectivity index (χ0n) is 29.6. The van der Waals surface area contributed by atoms with Crippen LogP contribution in [0.15, 0.2) is 9.98 Å². The predicted molar refractivity (Wildman–Crippen MR) is 181 cm³/mol. The van der Waals surface area contributed by atoms with Crippen LogP contribution in [-0.4, -0.2) is 93.6 Å². The van der Waals surface area contributed by atoms with Gasteiger partial charge in [0.1, 0.15) is 11.2 Å². The van der Waals surface area contributed by atoms with Gasteiger partial charge >= 0.3 is 81.7 Å². The quantitative estimate of drug-likeness (QED) is 0.0480. The number of aliphatic carboxylic acids is 2. The van der Waals surface area contributed by atoms with E-state index in [1.807, 2.05) is 0 Å². The van der Waals surface area contributed by atoms with Gasteiger partial charge in [0.05, 0.1) is 24.0 Å². The van der Waals surface area contributed by atoms with Gasteiger partial charge in [0.25, 0.3) is 0 Å². The van der Waals surface area contributed by atoms with Crippen molar-refractivity contribution in [1.82, 2.24) is 10.6 Å². The fourth-order valence-corrected chi connectivity index (χ4v) is 7.29. The van der Waals surface area contributed by atoms with E-state index >= 15 is 0 Å². The maximum atomic E-state index is 11.4. The van der Waals surface area contributed by atoms with E-state index in [0.717, 1.165) is 0 Å². The molecule has 0 fully saturated rings. The molecule has 47 heavy (non-hydrogen) atoms. The van der Waals surface area contributed by atoms with Crippen LogP contribution in [-0.2, 0) is 19.1 Å². The molecule has 0 aromatic heterocycles. The third kappa shape index (κ3) is 38.9. The molecule has 0 aliphatic carbocycles. The van der Waals surface area contributed by atoms with Crippen molar-refractivity contribution in [2.45, 2.75) is 139 Å². The fraction of sp³-hybridized carbons (Fsp3) is 0.800. The Balaban J connectivity index is -0.000000658. The average molecular weight is 780 g/mol. The number of unbranched alkanes of at least 4 members (excludes halogenated alkanes) is 2. The average Bonchev–Trinajstić information content (AvgIpc) is 2.90. The van der Waals surface area contributed by atoms with Gasteiger partial charge in [-0.15, -0.1) is 0 Å². The molecule has 0 heterocycles. The Labute approximate surface area is 290 Å². The second-order valence-corrected chi connectivity index (χ2v) is 16.7. The number of nitrogens with one attached hydrogen (secondary N) is 2. The van der Waals surface area contributed by atoms with Gasteiger partial charge in [-0.25, -0.2) is 9.59 Å². The first-order valence-electron chi connectivity index (χ1n) is 15.9. The number of hydrogen-bond acceptors (Lipinski definition) is 10. The molecule has 0 bridgehead atoms. The Hall–Kier alpha value is -3.18. The van der Waals surface area contributed by atoms with Gasteiger partial charge in [-0.2, -0.15) is 0 Å². The van der Waals surface area contributed by atoms with Crippen molar-refractivity contribution in [2.75, 3.05) is 13.1 Å². The molecule has 0 spiro atoms. The number of carboxylic acids is 2. The van der Waals surface area contributed by atoms with Crippen molar-refractivity contribution >= 4 is 57.2 Å². The van der Waals surface area contributed by atoms with Crippen LogP contribution in [0, 0.1) is 0 Å². The molecular formula is C30H60N8O8Sn. The minimum atomic E-state index is -1.38. The summed E-state index contributed by atoms with van der Waals surface area (Å²) in [5, 5.41) is 26.2. The van der Waals surface area contributed by atoms with Crippen LogP contribution in [0.1, 0.15) is 107 Å². The molecule has 2 atom stereocenters. The minimum absolute atomic E-state index is 0.0647. The summed E-state index contributed by atoms with van der Waals surface area (Å²) >= 11 is 0.149. The number of carboxylic acid groups (broad SMARTS) is 2. The van der Waals surface area contributed by atoms with E-state index in [4.69, 9.17) is 32.4 Å². The molecule has 0 aliphatic heterocycles. The van der Waals surface area contributed by atoms with Crippen LogP contribution >= 0.6 is 0 Å². The predicted octanol–water partition coefficient (Wildman–Crippen LogP) is 0.494. The number of alkyl carbamates (subject to hydrolysis) is 2. The van der Waals surface area contributed by atoms with Crippen molar-refractivity contribution in [3.05, 3.63) is 0 Å². The molecule has 0 aromatic carbocycles. The Morgan fingerprint density at radius 3 is 1.21 bits per heavy atom. The third-order valence-electron chi connectivity index (χ3n) is 5.26. The van der Waals surface area contributed by atoms with Gasteiger partial charge in [0.15, 0.2) is 11.9 Å². The number of aliphatic imine (C=N–C) groups is 2. The molecule has 0 rings (SSSR count). The van der Waals surface area contributed by atoms with Gasteiger partial charge in [0, 0.05) is 13.1 Å². The summed E-state index contributed by atoms with van der Waals surface area (Å²) < 4.78 is 13.2. The molecule has 272 valence electrons. The number of carbonyl (C=O) groups is 4. The van der Waals surface area contributed by atoms with Crippen molar-refractivity contribution in [1.29, 1.82) is 0 Å². The summed E-state index contributed by atoms with van der Waals surface area (Å²) in [6, 6.07) is -2.27. The van der Waals surface area contributed by atoms with E-state index in [1.54, 1.807) is 50.4 Å². The normalized spacial score (nSPS) is 11.7. The summed E-state index contributed by atoms with van der Waals surface area (Å²) in [5.41, 5.74) is 19.1. The van der Waals surface area contributed by atoms with Gasteiger partial charge in [-0.3, -0.25) is 9.98 Å². The summed E-state index contributed by atoms with van der Waals surface area (Å²) in [7, 11) is 0. The first kappa shape index (κ1) is 48.2. The Kier molecular flexibility index (Phi) is 28.6. The molecule has 10 N–H and O–H groups in total. The molecule has 0 saturated carbocycles.